The largest absolute Gasteiger partial charge is 0.465 e. The Hall–Kier alpha value is -1.69. The molecule has 1 N–H and O–H groups in total. The van der Waals surface area contributed by atoms with Crippen molar-refractivity contribution in [3.8, 4) is 0 Å². The summed E-state index contributed by atoms with van der Waals surface area (Å²) in [5, 5.41) is 9.25. The van der Waals surface area contributed by atoms with Crippen LogP contribution in [0, 0.1) is 0 Å². The summed E-state index contributed by atoms with van der Waals surface area (Å²) < 4.78 is 27.1. The number of fused-ring (bicyclic) bond motifs is 1. The van der Waals surface area contributed by atoms with Crippen molar-refractivity contribution in [3.05, 3.63) is 22.2 Å². The third-order valence-corrected chi connectivity index (χ3v) is 8.77. The summed E-state index contributed by atoms with van der Waals surface area (Å²) in [6.45, 7) is 7.79. The number of nitrogens with zero attached hydrogens (tertiary/aromatic N) is 4. The minimum absolute atomic E-state index is 0.121. The summed E-state index contributed by atoms with van der Waals surface area (Å²) in [5.74, 6) is -0.127. The van der Waals surface area contributed by atoms with Gasteiger partial charge >= 0.3 is 6.09 Å². The van der Waals surface area contributed by atoms with Gasteiger partial charge in [0.15, 0.2) is 0 Å². The van der Waals surface area contributed by atoms with Crippen LogP contribution in [0.25, 0.3) is 0 Å². The maximum Gasteiger partial charge on any atom is 0.407 e. The van der Waals surface area contributed by atoms with E-state index in [-0.39, 0.29) is 28.8 Å². The number of hydrogen-bond donors (Lipinski definition) is 1. The van der Waals surface area contributed by atoms with E-state index in [4.69, 9.17) is 0 Å². The van der Waals surface area contributed by atoms with Crippen LogP contribution in [-0.2, 0) is 20.2 Å². The van der Waals surface area contributed by atoms with E-state index in [0.717, 1.165) is 9.87 Å². The Morgan fingerprint density at radius 2 is 1.90 bits per heavy atom. The van der Waals surface area contributed by atoms with E-state index in [9.17, 15) is 23.1 Å². The Bertz CT molecular complexity index is 1010. The van der Waals surface area contributed by atoms with Crippen LogP contribution < -0.4 is 4.90 Å². The Balaban J connectivity index is 1.88. The Kier molecular flexibility index (Phi) is 6.45. The van der Waals surface area contributed by atoms with Gasteiger partial charge in [0.2, 0.25) is 15.9 Å². The third-order valence-electron chi connectivity index (χ3n) is 6.00. The van der Waals surface area contributed by atoms with E-state index in [2.05, 4.69) is 15.9 Å². The van der Waals surface area contributed by atoms with Crippen molar-refractivity contribution < 1.29 is 23.1 Å². The molecule has 31 heavy (non-hydrogen) atoms. The number of carboxylic acid groups (broad SMARTS) is 1. The lowest BCUT2D eigenvalue weighted by Gasteiger charge is -2.38. The molecule has 0 bridgehead atoms. The predicted octanol–water partition coefficient (Wildman–Crippen LogP) is 2.01. The number of carbonyl (C=O) groups excluding carboxylic acids is 1. The zero-order valence-corrected chi connectivity index (χ0v) is 20.8. The van der Waals surface area contributed by atoms with Crippen LogP contribution in [-0.4, -0.2) is 92.5 Å². The summed E-state index contributed by atoms with van der Waals surface area (Å²) in [6, 6.07) is 3.17. The molecule has 1 fully saturated rings. The zero-order chi connectivity index (χ0) is 23.3. The van der Waals surface area contributed by atoms with Crippen LogP contribution in [0.3, 0.4) is 0 Å². The first-order chi connectivity index (χ1) is 14.3. The zero-order valence-electron chi connectivity index (χ0n) is 18.4. The summed E-state index contributed by atoms with van der Waals surface area (Å²) in [6.07, 6.45) is -0.950. The molecule has 1 aromatic carbocycles. The second-order valence-electron chi connectivity index (χ2n) is 9.01. The Morgan fingerprint density at radius 1 is 1.26 bits per heavy atom. The Morgan fingerprint density at radius 3 is 2.45 bits per heavy atom. The van der Waals surface area contributed by atoms with Gasteiger partial charge in [0.1, 0.15) is 0 Å². The molecule has 2 aliphatic heterocycles. The standard InChI is InChI=1S/C20H29BrN4O5S/c1-13-10-23(6-7-24(13)19(27)28)11-18(26)25-12-20(2,3)14-8-15(21)17(9-16(14)25)31(29,30)22(4)5/h8-9,13H,6-7,10-12H2,1-5H3,(H,27,28). The fraction of sp³-hybridized carbons (Fsp3) is 0.600. The number of hydrogen-bond acceptors (Lipinski definition) is 5. The van der Waals surface area contributed by atoms with Crippen LogP contribution in [0.5, 0.6) is 0 Å². The summed E-state index contributed by atoms with van der Waals surface area (Å²) in [7, 11) is -0.743. The minimum Gasteiger partial charge on any atom is -0.465 e. The number of anilines is 1. The minimum atomic E-state index is -3.69. The predicted molar refractivity (Wildman–Crippen MR) is 121 cm³/mol. The second-order valence-corrected chi connectivity index (χ2v) is 12.0. The first-order valence-corrected chi connectivity index (χ1v) is 12.3. The van der Waals surface area contributed by atoms with Crippen molar-refractivity contribution in [1.82, 2.24) is 14.1 Å². The van der Waals surface area contributed by atoms with Crippen LogP contribution in [0.15, 0.2) is 21.5 Å². The fourth-order valence-corrected chi connectivity index (χ4v) is 6.14. The molecule has 1 unspecified atom stereocenters. The molecule has 1 atom stereocenters. The molecule has 2 amide bonds. The van der Waals surface area contributed by atoms with Crippen molar-refractivity contribution in [2.24, 2.45) is 0 Å². The monoisotopic (exact) mass is 516 g/mol. The first kappa shape index (κ1) is 24.0. The number of amides is 2. The average Bonchev–Trinajstić information content (AvgIpc) is 2.91. The van der Waals surface area contributed by atoms with E-state index in [1.807, 2.05) is 25.7 Å². The van der Waals surface area contributed by atoms with Gasteiger partial charge in [-0.15, -0.1) is 0 Å². The molecule has 2 aliphatic rings. The highest BCUT2D eigenvalue weighted by atomic mass is 79.9. The van der Waals surface area contributed by atoms with E-state index < -0.39 is 16.1 Å². The smallest absolute Gasteiger partial charge is 0.407 e. The first-order valence-electron chi connectivity index (χ1n) is 10.0. The number of piperazine rings is 1. The molecule has 0 spiro atoms. The Labute approximate surface area is 191 Å². The van der Waals surface area contributed by atoms with Gasteiger partial charge in [-0.05, 0) is 40.5 Å². The molecule has 172 valence electrons. The van der Waals surface area contributed by atoms with Gasteiger partial charge in [0.25, 0.3) is 0 Å². The topological polar surface area (TPSA) is 101 Å². The van der Waals surface area contributed by atoms with Gasteiger partial charge in [0.05, 0.1) is 11.4 Å². The van der Waals surface area contributed by atoms with E-state index in [1.54, 1.807) is 17.0 Å². The molecule has 9 nitrogen and oxygen atoms in total. The molecule has 11 heteroatoms. The highest BCUT2D eigenvalue weighted by Crippen LogP contribution is 2.44. The molecule has 1 aromatic rings. The molecule has 1 saturated heterocycles. The van der Waals surface area contributed by atoms with Gasteiger partial charge in [-0.3, -0.25) is 9.69 Å². The van der Waals surface area contributed by atoms with Gasteiger partial charge in [0, 0.05) is 61.9 Å². The van der Waals surface area contributed by atoms with Crippen molar-refractivity contribution in [3.63, 3.8) is 0 Å². The summed E-state index contributed by atoms with van der Waals surface area (Å²) in [4.78, 5) is 29.6. The quantitative estimate of drug-likeness (QED) is 0.656. The molecule has 3 rings (SSSR count). The molecule has 0 aromatic heterocycles. The van der Waals surface area contributed by atoms with Gasteiger partial charge in [-0.25, -0.2) is 17.5 Å². The fourth-order valence-electron chi connectivity index (χ4n) is 4.23. The lowest BCUT2D eigenvalue weighted by Crippen LogP contribution is -2.55. The van der Waals surface area contributed by atoms with E-state index in [1.165, 1.54) is 19.0 Å². The number of rotatable bonds is 4. The van der Waals surface area contributed by atoms with Crippen molar-refractivity contribution in [2.45, 2.75) is 37.1 Å². The van der Waals surface area contributed by atoms with Crippen LogP contribution in [0.2, 0.25) is 0 Å². The number of benzene rings is 1. The van der Waals surface area contributed by atoms with E-state index in [0.29, 0.717) is 36.3 Å². The third kappa shape index (κ3) is 4.46. The lowest BCUT2D eigenvalue weighted by molar-refractivity contribution is -0.120. The highest BCUT2D eigenvalue weighted by Gasteiger charge is 2.40. The van der Waals surface area contributed by atoms with Crippen molar-refractivity contribution in [1.29, 1.82) is 0 Å². The molecule has 2 heterocycles. The molecular weight excluding hydrogens is 488 g/mol. The highest BCUT2D eigenvalue weighted by molar-refractivity contribution is 9.10. The normalized spacial score (nSPS) is 21.5. The summed E-state index contributed by atoms with van der Waals surface area (Å²) >= 11 is 3.40. The SMILES string of the molecule is CC1CN(CC(=O)N2CC(C)(C)c3cc(Br)c(S(=O)(=O)N(C)C)cc32)CCN1C(=O)O. The van der Waals surface area contributed by atoms with Crippen LogP contribution >= 0.6 is 15.9 Å². The average molecular weight is 517 g/mol. The molecule has 0 radical (unpaired) electrons. The van der Waals surface area contributed by atoms with E-state index >= 15 is 0 Å². The number of carbonyl (C=O) groups is 2. The molecule has 0 saturated carbocycles. The lowest BCUT2D eigenvalue weighted by atomic mass is 9.87. The van der Waals surface area contributed by atoms with Gasteiger partial charge in [-0.2, -0.15) is 0 Å². The number of halogens is 1. The maximum atomic E-state index is 13.2. The van der Waals surface area contributed by atoms with Gasteiger partial charge < -0.3 is 14.9 Å². The summed E-state index contributed by atoms with van der Waals surface area (Å²) in [5.41, 5.74) is 1.19. The second kappa shape index (κ2) is 8.34. The van der Waals surface area contributed by atoms with Crippen LogP contribution in [0.1, 0.15) is 26.3 Å². The molecular formula is C20H29BrN4O5S. The van der Waals surface area contributed by atoms with Gasteiger partial charge in [-0.1, -0.05) is 13.8 Å². The number of sulfonamides is 1. The maximum absolute atomic E-state index is 13.2. The van der Waals surface area contributed by atoms with Crippen molar-refractivity contribution >= 4 is 43.6 Å². The van der Waals surface area contributed by atoms with Crippen LogP contribution in [0.4, 0.5) is 10.5 Å². The van der Waals surface area contributed by atoms with Crippen molar-refractivity contribution in [2.75, 3.05) is 51.7 Å². The molecule has 0 aliphatic carbocycles.